The maximum atomic E-state index is 12.1. The minimum Gasteiger partial charge on any atom is -0.477 e. The number of carboxylic acids is 1. The van der Waals surface area contributed by atoms with Gasteiger partial charge in [0.15, 0.2) is 5.13 Å². The third kappa shape index (κ3) is 3.58. The van der Waals surface area contributed by atoms with Gasteiger partial charge >= 0.3 is 5.97 Å². The van der Waals surface area contributed by atoms with Crippen molar-refractivity contribution in [3.05, 3.63) is 35.2 Å². The molecule has 0 unspecified atom stereocenters. The van der Waals surface area contributed by atoms with Crippen molar-refractivity contribution in [2.24, 2.45) is 0 Å². The Morgan fingerprint density at radius 2 is 2.20 bits per heavy atom. The quantitative estimate of drug-likeness (QED) is 0.693. The van der Waals surface area contributed by atoms with Crippen LogP contribution < -0.4 is 5.32 Å². The molecule has 0 fully saturated rings. The average Bonchev–Trinajstić information content (AvgIpc) is 3.26. The van der Waals surface area contributed by atoms with Crippen LogP contribution in [-0.4, -0.2) is 41.5 Å². The lowest BCUT2D eigenvalue weighted by Gasteiger charge is -2.04. The summed E-state index contributed by atoms with van der Waals surface area (Å²) in [5.41, 5.74) is 2.48. The van der Waals surface area contributed by atoms with Crippen molar-refractivity contribution in [2.75, 3.05) is 5.32 Å². The molecule has 25 heavy (non-hydrogen) atoms. The molecular weight excluding hydrogens is 344 g/mol. The monoisotopic (exact) mass is 360 g/mol. The second-order valence-electron chi connectivity index (χ2n) is 5.25. The van der Waals surface area contributed by atoms with Crippen LogP contribution in [0, 0.1) is 6.92 Å². The maximum Gasteiger partial charge on any atom is 0.354 e. The average molecular weight is 360 g/mol. The summed E-state index contributed by atoms with van der Waals surface area (Å²) in [7, 11) is 0. The molecule has 0 aliphatic rings. The lowest BCUT2D eigenvalue weighted by Crippen LogP contribution is -2.22. The molecule has 0 saturated carbocycles. The highest BCUT2D eigenvalue weighted by Gasteiger charge is 2.15. The number of nitrogens with zero attached hydrogens (tertiary/aromatic N) is 5. The van der Waals surface area contributed by atoms with E-state index < -0.39 is 11.9 Å². The number of thiazole rings is 1. The topological polar surface area (TPSA) is 115 Å². The van der Waals surface area contributed by atoms with E-state index in [9.17, 15) is 9.59 Å². The van der Waals surface area contributed by atoms with E-state index in [-0.39, 0.29) is 12.2 Å². The van der Waals surface area contributed by atoms with Gasteiger partial charge in [0.25, 0.3) is 0 Å². The Hall–Kier alpha value is -3.01. The minimum atomic E-state index is -1.13. The Kier molecular flexibility index (Phi) is 4.61. The molecule has 10 heteroatoms. The van der Waals surface area contributed by atoms with E-state index >= 15 is 0 Å². The van der Waals surface area contributed by atoms with Crippen LogP contribution >= 0.6 is 11.3 Å². The zero-order valence-electron chi connectivity index (χ0n) is 13.6. The van der Waals surface area contributed by atoms with E-state index in [0.717, 1.165) is 28.2 Å². The number of rotatable bonds is 6. The molecule has 0 aliphatic carbocycles. The van der Waals surface area contributed by atoms with Crippen LogP contribution in [-0.2, 0) is 17.9 Å². The highest BCUT2D eigenvalue weighted by Crippen LogP contribution is 2.27. The molecule has 9 nitrogen and oxygen atoms in total. The third-order valence-electron chi connectivity index (χ3n) is 3.53. The van der Waals surface area contributed by atoms with Crippen molar-refractivity contribution >= 4 is 28.3 Å². The molecule has 0 atom stereocenters. The van der Waals surface area contributed by atoms with E-state index in [2.05, 4.69) is 20.5 Å². The zero-order valence-corrected chi connectivity index (χ0v) is 14.4. The minimum absolute atomic E-state index is 0.0439. The molecule has 0 radical (unpaired) electrons. The van der Waals surface area contributed by atoms with Gasteiger partial charge in [0.05, 0.1) is 11.4 Å². The second kappa shape index (κ2) is 6.85. The van der Waals surface area contributed by atoms with E-state index in [1.54, 1.807) is 0 Å². The van der Waals surface area contributed by atoms with Crippen LogP contribution in [0.5, 0.6) is 0 Å². The van der Waals surface area contributed by atoms with Gasteiger partial charge in [0.1, 0.15) is 12.2 Å². The number of hydrogen-bond donors (Lipinski definition) is 2. The van der Waals surface area contributed by atoms with Gasteiger partial charge in [-0.05, 0) is 19.9 Å². The van der Waals surface area contributed by atoms with E-state index in [1.807, 2.05) is 30.1 Å². The molecule has 130 valence electrons. The second-order valence-corrected chi connectivity index (χ2v) is 6.11. The van der Waals surface area contributed by atoms with Crippen LogP contribution in [0.1, 0.15) is 23.1 Å². The highest BCUT2D eigenvalue weighted by molar-refractivity contribution is 7.14. The molecular formula is C15H16N6O3S. The number of carbonyl (C=O) groups excluding carboxylic acids is 1. The number of carbonyl (C=O) groups is 2. The predicted octanol–water partition coefficient (Wildman–Crippen LogP) is 1.87. The first kappa shape index (κ1) is 16.8. The molecule has 3 aromatic rings. The number of nitrogens with one attached hydrogen (secondary N) is 1. The van der Waals surface area contributed by atoms with E-state index in [4.69, 9.17) is 5.11 Å². The van der Waals surface area contributed by atoms with Gasteiger partial charge in [-0.1, -0.05) is 0 Å². The Labute approximate surface area is 146 Å². The summed E-state index contributed by atoms with van der Waals surface area (Å²) >= 11 is 1.30. The summed E-state index contributed by atoms with van der Waals surface area (Å²) in [6.07, 6.45) is 3.26. The predicted molar refractivity (Wildman–Crippen MR) is 91.6 cm³/mol. The summed E-state index contributed by atoms with van der Waals surface area (Å²) in [6, 6.07) is 1.34. The molecule has 3 rings (SSSR count). The summed E-state index contributed by atoms with van der Waals surface area (Å²) in [5, 5.41) is 22.2. The number of carboxylic acid groups (broad SMARTS) is 1. The van der Waals surface area contributed by atoms with Crippen molar-refractivity contribution in [3.8, 4) is 11.3 Å². The van der Waals surface area contributed by atoms with Gasteiger partial charge in [-0.15, -0.1) is 11.3 Å². The first-order valence-corrected chi connectivity index (χ1v) is 8.40. The van der Waals surface area contributed by atoms with Gasteiger partial charge in [-0.2, -0.15) is 10.2 Å². The van der Waals surface area contributed by atoms with Crippen LogP contribution in [0.3, 0.4) is 0 Å². The molecule has 0 aliphatic heterocycles. The molecule has 0 spiro atoms. The summed E-state index contributed by atoms with van der Waals surface area (Å²) in [6.45, 7) is 4.48. The van der Waals surface area contributed by atoms with Gasteiger partial charge in [0.2, 0.25) is 5.91 Å². The van der Waals surface area contributed by atoms with Crippen molar-refractivity contribution in [2.45, 2.75) is 26.9 Å². The molecule has 0 saturated heterocycles. The number of aromatic carboxylic acids is 1. The molecule has 0 aromatic carbocycles. The van der Waals surface area contributed by atoms with Crippen molar-refractivity contribution in [1.29, 1.82) is 0 Å². The van der Waals surface area contributed by atoms with Crippen LogP contribution in [0.4, 0.5) is 5.13 Å². The standard InChI is InChI=1S/C15H16N6O3S/c1-3-20-6-10(9(2)19-20)11-8-25-15(17-11)18-13(22)7-21-12(14(23)24)4-5-16-21/h4-6,8H,3,7H2,1-2H3,(H,23,24)(H,17,18,22). The largest absolute Gasteiger partial charge is 0.477 e. The zero-order chi connectivity index (χ0) is 18.0. The van der Waals surface area contributed by atoms with Gasteiger partial charge in [-0.3, -0.25) is 9.48 Å². The number of hydrogen-bond acceptors (Lipinski definition) is 6. The van der Waals surface area contributed by atoms with Crippen LogP contribution in [0.25, 0.3) is 11.3 Å². The number of anilines is 1. The Balaban J connectivity index is 1.70. The first-order valence-electron chi connectivity index (χ1n) is 7.52. The van der Waals surface area contributed by atoms with Crippen LogP contribution in [0.15, 0.2) is 23.8 Å². The molecule has 3 heterocycles. The fourth-order valence-electron chi connectivity index (χ4n) is 2.32. The number of aryl methyl sites for hydroxylation is 2. The fourth-order valence-corrected chi connectivity index (χ4v) is 3.05. The number of aromatic nitrogens is 5. The van der Waals surface area contributed by atoms with E-state index in [1.165, 1.54) is 23.6 Å². The molecule has 0 bridgehead atoms. The number of amides is 1. The molecule has 3 aromatic heterocycles. The summed E-state index contributed by atoms with van der Waals surface area (Å²) < 4.78 is 2.95. The van der Waals surface area contributed by atoms with Crippen molar-refractivity contribution in [1.82, 2.24) is 24.5 Å². The lowest BCUT2D eigenvalue weighted by atomic mass is 10.2. The molecule has 1 amide bonds. The molecule has 2 N–H and O–H groups in total. The van der Waals surface area contributed by atoms with Crippen molar-refractivity contribution < 1.29 is 14.7 Å². The summed E-state index contributed by atoms with van der Waals surface area (Å²) in [5.74, 6) is -1.53. The smallest absolute Gasteiger partial charge is 0.354 e. The lowest BCUT2D eigenvalue weighted by molar-refractivity contribution is -0.116. The Morgan fingerprint density at radius 3 is 2.88 bits per heavy atom. The summed E-state index contributed by atoms with van der Waals surface area (Å²) in [4.78, 5) is 27.5. The SMILES string of the molecule is CCn1cc(-c2csc(NC(=O)Cn3nccc3C(=O)O)n2)c(C)n1. The Bertz CT molecular complexity index is 925. The highest BCUT2D eigenvalue weighted by atomic mass is 32.1. The maximum absolute atomic E-state index is 12.1. The first-order chi connectivity index (χ1) is 12.0. The fraction of sp³-hybridized carbons (Fsp3) is 0.267. The van der Waals surface area contributed by atoms with Gasteiger partial charge in [-0.25, -0.2) is 14.5 Å². The van der Waals surface area contributed by atoms with Crippen molar-refractivity contribution in [3.63, 3.8) is 0 Å². The Morgan fingerprint density at radius 1 is 1.40 bits per heavy atom. The van der Waals surface area contributed by atoms with Crippen LogP contribution in [0.2, 0.25) is 0 Å². The van der Waals surface area contributed by atoms with Gasteiger partial charge < -0.3 is 10.4 Å². The van der Waals surface area contributed by atoms with E-state index in [0.29, 0.717) is 5.13 Å². The van der Waals surface area contributed by atoms with Gasteiger partial charge in [0, 0.05) is 29.9 Å². The normalized spacial score (nSPS) is 10.8. The third-order valence-corrected chi connectivity index (χ3v) is 4.28.